The molecule has 1 aromatic rings. The molecule has 0 radical (unpaired) electrons. The maximum atomic E-state index is 11.6. The minimum absolute atomic E-state index is 0. The van der Waals surface area contributed by atoms with Crippen LogP contribution in [0.25, 0.3) is 0 Å². The quantitative estimate of drug-likeness (QED) is 0.752. The Hall–Kier alpha value is -1.07. The maximum absolute atomic E-state index is 11.6. The van der Waals surface area contributed by atoms with Crippen molar-refractivity contribution in [2.24, 2.45) is 11.7 Å². The van der Waals surface area contributed by atoms with E-state index in [1.54, 1.807) is 6.20 Å². The first-order valence-corrected chi connectivity index (χ1v) is 5.12. The van der Waals surface area contributed by atoms with E-state index in [1.165, 1.54) is 0 Å². The zero-order chi connectivity index (χ0) is 11.4. The Kier molecular flexibility index (Phi) is 6.06. The lowest BCUT2D eigenvalue weighted by Gasteiger charge is -2.16. The highest BCUT2D eigenvalue weighted by Crippen LogP contribution is 2.08. The molecule has 5 nitrogen and oxygen atoms in total. The minimum atomic E-state index is -0.486. The van der Waals surface area contributed by atoms with Gasteiger partial charge in [0.15, 0.2) is 0 Å². The number of aromatic amines is 1. The molecular weight excluding hydrogens is 228 g/mol. The average Bonchev–Trinajstić information content (AvgIpc) is 2.61. The Morgan fingerprint density at radius 1 is 1.69 bits per heavy atom. The van der Waals surface area contributed by atoms with E-state index in [0.717, 1.165) is 12.1 Å². The number of rotatable bonds is 4. The van der Waals surface area contributed by atoms with Gasteiger partial charge in [-0.25, -0.2) is 4.98 Å². The number of halogens is 1. The van der Waals surface area contributed by atoms with E-state index in [-0.39, 0.29) is 24.2 Å². The van der Waals surface area contributed by atoms with Crippen LogP contribution in [0.15, 0.2) is 6.20 Å². The standard InChI is InChI=1S/C10H18N4O.ClH/c1-4-6(2)8(11)9(15)14-10-12-5-7(3)13-10;/h5-6,8H,4,11H2,1-3H3,(H2,12,13,14,15);1H. The van der Waals surface area contributed by atoms with Crippen molar-refractivity contribution in [3.8, 4) is 0 Å². The number of nitrogens with two attached hydrogens (primary N) is 1. The number of hydrogen-bond acceptors (Lipinski definition) is 3. The number of aryl methyl sites for hydroxylation is 1. The molecule has 0 saturated heterocycles. The van der Waals surface area contributed by atoms with Gasteiger partial charge in [0.05, 0.1) is 6.04 Å². The lowest BCUT2D eigenvalue weighted by atomic mass is 10.00. The molecule has 0 saturated carbocycles. The summed E-state index contributed by atoms with van der Waals surface area (Å²) in [4.78, 5) is 18.5. The maximum Gasteiger partial charge on any atom is 0.243 e. The van der Waals surface area contributed by atoms with Gasteiger partial charge in [0.1, 0.15) is 0 Å². The van der Waals surface area contributed by atoms with Crippen molar-refractivity contribution in [3.63, 3.8) is 0 Å². The van der Waals surface area contributed by atoms with E-state index in [0.29, 0.717) is 5.95 Å². The van der Waals surface area contributed by atoms with Crippen LogP contribution in [0.4, 0.5) is 5.95 Å². The lowest BCUT2D eigenvalue weighted by molar-refractivity contribution is -0.118. The molecular formula is C10H19ClN4O. The number of aromatic nitrogens is 2. The highest BCUT2D eigenvalue weighted by Gasteiger charge is 2.19. The molecule has 6 heteroatoms. The summed E-state index contributed by atoms with van der Waals surface area (Å²) in [5.41, 5.74) is 6.68. The summed E-state index contributed by atoms with van der Waals surface area (Å²) in [7, 11) is 0. The van der Waals surface area contributed by atoms with Crippen molar-refractivity contribution in [1.82, 2.24) is 9.97 Å². The van der Waals surface area contributed by atoms with Gasteiger partial charge >= 0.3 is 0 Å². The lowest BCUT2D eigenvalue weighted by Crippen LogP contribution is -2.40. The molecule has 1 amide bonds. The fourth-order valence-corrected chi connectivity index (χ4v) is 1.19. The van der Waals surface area contributed by atoms with Crippen LogP contribution in [0, 0.1) is 12.8 Å². The Labute approximate surface area is 102 Å². The topological polar surface area (TPSA) is 83.8 Å². The smallest absolute Gasteiger partial charge is 0.243 e. The summed E-state index contributed by atoms with van der Waals surface area (Å²) in [5, 5.41) is 2.65. The van der Waals surface area contributed by atoms with E-state index in [2.05, 4.69) is 15.3 Å². The molecule has 0 aliphatic heterocycles. The first-order chi connectivity index (χ1) is 7.04. The van der Waals surface area contributed by atoms with Crippen molar-refractivity contribution < 1.29 is 4.79 Å². The number of carbonyl (C=O) groups excluding carboxylic acids is 1. The van der Waals surface area contributed by atoms with Crippen molar-refractivity contribution in [2.45, 2.75) is 33.2 Å². The van der Waals surface area contributed by atoms with Crippen LogP contribution in [-0.4, -0.2) is 21.9 Å². The third-order valence-electron chi connectivity index (χ3n) is 2.50. The normalized spacial score (nSPS) is 13.8. The average molecular weight is 247 g/mol. The Morgan fingerprint density at radius 3 is 2.75 bits per heavy atom. The van der Waals surface area contributed by atoms with Gasteiger partial charge in [-0.3, -0.25) is 10.1 Å². The van der Waals surface area contributed by atoms with Crippen LogP contribution in [0.3, 0.4) is 0 Å². The first kappa shape index (κ1) is 14.9. The van der Waals surface area contributed by atoms with E-state index >= 15 is 0 Å². The van der Waals surface area contributed by atoms with Gasteiger partial charge in [-0.1, -0.05) is 20.3 Å². The highest BCUT2D eigenvalue weighted by atomic mass is 35.5. The Morgan fingerprint density at radius 2 is 2.31 bits per heavy atom. The molecule has 0 aliphatic rings. The summed E-state index contributed by atoms with van der Waals surface area (Å²) >= 11 is 0. The van der Waals surface area contributed by atoms with Crippen LogP contribution >= 0.6 is 12.4 Å². The Balaban J connectivity index is 0.00000225. The number of carbonyl (C=O) groups is 1. The molecule has 0 bridgehead atoms. The van der Waals surface area contributed by atoms with Gasteiger partial charge in [-0.05, 0) is 12.8 Å². The van der Waals surface area contributed by atoms with Crippen molar-refractivity contribution >= 4 is 24.3 Å². The van der Waals surface area contributed by atoms with Gasteiger partial charge in [0.25, 0.3) is 0 Å². The fraction of sp³-hybridized carbons (Fsp3) is 0.600. The fourth-order valence-electron chi connectivity index (χ4n) is 1.19. The summed E-state index contributed by atoms with van der Waals surface area (Å²) in [5.74, 6) is 0.427. The van der Waals surface area contributed by atoms with Gasteiger partial charge in [0, 0.05) is 11.9 Å². The molecule has 92 valence electrons. The third-order valence-corrected chi connectivity index (χ3v) is 2.50. The zero-order valence-corrected chi connectivity index (χ0v) is 10.6. The number of nitrogens with one attached hydrogen (secondary N) is 2. The summed E-state index contributed by atoms with van der Waals surface area (Å²) in [6.07, 6.45) is 2.54. The summed E-state index contributed by atoms with van der Waals surface area (Å²) in [6.45, 7) is 5.84. The zero-order valence-electron chi connectivity index (χ0n) is 9.78. The summed E-state index contributed by atoms with van der Waals surface area (Å²) in [6, 6.07) is -0.486. The van der Waals surface area contributed by atoms with Crippen LogP contribution in [-0.2, 0) is 4.79 Å². The predicted octanol–water partition coefficient (Wildman–Crippen LogP) is 1.45. The Bertz CT molecular complexity index is 339. The molecule has 0 fully saturated rings. The second kappa shape index (κ2) is 6.50. The van der Waals surface area contributed by atoms with E-state index in [9.17, 15) is 4.79 Å². The molecule has 2 atom stereocenters. The van der Waals surface area contributed by atoms with Gasteiger partial charge in [-0.15, -0.1) is 12.4 Å². The molecule has 0 spiro atoms. The van der Waals surface area contributed by atoms with E-state index in [4.69, 9.17) is 5.73 Å². The molecule has 2 unspecified atom stereocenters. The highest BCUT2D eigenvalue weighted by molar-refractivity contribution is 5.93. The second-order valence-electron chi connectivity index (χ2n) is 3.82. The molecule has 1 rings (SSSR count). The number of hydrogen-bond donors (Lipinski definition) is 3. The molecule has 1 aromatic heterocycles. The first-order valence-electron chi connectivity index (χ1n) is 5.12. The van der Waals surface area contributed by atoms with Gasteiger partial charge in [-0.2, -0.15) is 0 Å². The van der Waals surface area contributed by atoms with Crippen LogP contribution in [0.1, 0.15) is 26.0 Å². The largest absolute Gasteiger partial charge is 0.328 e. The van der Waals surface area contributed by atoms with E-state index in [1.807, 2.05) is 20.8 Å². The molecule has 4 N–H and O–H groups in total. The number of nitrogens with zero attached hydrogens (tertiary/aromatic N) is 1. The van der Waals surface area contributed by atoms with Gasteiger partial charge < -0.3 is 10.7 Å². The van der Waals surface area contributed by atoms with Crippen LogP contribution in [0.2, 0.25) is 0 Å². The van der Waals surface area contributed by atoms with E-state index < -0.39 is 6.04 Å². The van der Waals surface area contributed by atoms with Gasteiger partial charge in [0.2, 0.25) is 11.9 Å². The molecule has 0 aromatic carbocycles. The van der Waals surface area contributed by atoms with Crippen molar-refractivity contribution in [2.75, 3.05) is 5.32 Å². The van der Waals surface area contributed by atoms with Crippen molar-refractivity contribution in [1.29, 1.82) is 0 Å². The molecule has 1 heterocycles. The number of H-pyrrole nitrogens is 1. The molecule has 0 aliphatic carbocycles. The molecule has 16 heavy (non-hydrogen) atoms. The van der Waals surface area contributed by atoms with Crippen LogP contribution in [0.5, 0.6) is 0 Å². The van der Waals surface area contributed by atoms with Crippen LogP contribution < -0.4 is 11.1 Å². The number of imidazole rings is 1. The van der Waals surface area contributed by atoms with Crippen molar-refractivity contribution in [3.05, 3.63) is 11.9 Å². The third kappa shape index (κ3) is 3.83. The predicted molar refractivity (Wildman–Crippen MR) is 66.6 cm³/mol. The number of anilines is 1. The minimum Gasteiger partial charge on any atom is -0.328 e. The number of amides is 1. The summed E-state index contributed by atoms with van der Waals surface area (Å²) < 4.78 is 0. The second-order valence-corrected chi connectivity index (χ2v) is 3.82. The SMILES string of the molecule is CCC(C)C(N)C(=O)Nc1ncc(C)[nH]1.Cl. The monoisotopic (exact) mass is 246 g/mol.